The smallest absolute Gasteiger partial charge is 0.336 e. The molecule has 0 saturated carbocycles. The topological polar surface area (TPSA) is 89.5 Å². The molecule has 0 aliphatic rings. The molecule has 5 aromatic rings. The Labute approximate surface area is 280 Å². The van der Waals surface area contributed by atoms with Crippen LogP contribution in [0.5, 0.6) is 23.0 Å². The molecule has 0 aliphatic carbocycles. The zero-order valence-electron chi connectivity index (χ0n) is 27.1. The van der Waals surface area contributed by atoms with E-state index in [0.717, 1.165) is 21.5 Å². The molecule has 0 aromatic heterocycles. The van der Waals surface area contributed by atoms with Crippen LogP contribution in [-0.4, -0.2) is 37.7 Å². The van der Waals surface area contributed by atoms with Crippen LogP contribution in [0.3, 0.4) is 0 Å². The highest BCUT2D eigenvalue weighted by molar-refractivity contribution is 5.87. The van der Waals surface area contributed by atoms with Gasteiger partial charge in [-0.25, -0.2) is 9.59 Å². The van der Waals surface area contributed by atoms with Gasteiger partial charge in [-0.3, -0.25) is 0 Å². The third-order valence-electron chi connectivity index (χ3n) is 7.22. The number of hydrogen-bond acceptors (Lipinski definition) is 8. The molecule has 2 unspecified atom stereocenters. The zero-order valence-corrected chi connectivity index (χ0v) is 27.1. The first-order valence-corrected chi connectivity index (χ1v) is 15.6. The molecule has 0 N–H and O–H groups in total. The highest BCUT2D eigenvalue weighted by Crippen LogP contribution is 2.25. The van der Waals surface area contributed by atoms with Gasteiger partial charge in [0.25, 0.3) is 0 Å². The second kappa shape index (κ2) is 16.2. The Morgan fingerprint density at radius 1 is 0.521 bits per heavy atom. The lowest BCUT2D eigenvalue weighted by molar-refractivity contribution is -0.161. The maximum Gasteiger partial charge on any atom is 0.336 e. The van der Waals surface area contributed by atoms with E-state index < -0.39 is 24.5 Å². The summed E-state index contributed by atoms with van der Waals surface area (Å²) >= 11 is 0. The minimum atomic E-state index is -0.873. The predicted molar refractivity (Wildman–Crippen MR) is 185 cm³/mol. The van der Waals surface area contributed by atoms with Crippen LogP contribution in [0.15, 0.2) is 133 Å². The van der Waals surface area contributed by atoms with Gasteiger partial charge in [0, 0.05) is 11.1 Å². The lowest BCUT2D eigenvalue weighted by Crippen LogP contribution is -2.27. The number of benzene rings is 5. The molecule has 0 amide bonds. The van der Waals surface area contributed by atoms with Crippen LogP contribution in [0.4, 0.5) is 0 Å². The highest BCUT2D eigenvalue weighted by atomic mass is 16.7. The van der Waals surface area contributed by atoms with Gasteiger partial charge in [0.05, 0.1) is 26.1 Å². The minimum Gasteiger partial charge on any atom is -0.493 e. The molecule has 5 rings (SSSR count). The van der Waals surface area contributed by atoms with E-state index in [1.165, 1.54) is 0 Å². The van der Waals surface area contributed by atoms with Crippen molar-refractivity contribution in [1.82, 2.24) is 0 Å². The fourth-order valence-electron chi connectivity index (χ4n) is 4.69. The Balaban J connectivity index is 1.13. The summed E-state index contributed by atoms with van der Waals surface area (Å²) in [6.45, 7) is 11.0. The van der Waals surface area contributed by atoms with Crippen LogP contribution < -0.4 is 18.9 Å². The molecule has 2 atom stereocenters. The molecule has 0 heterocycles. The normalized spacial score (nSPS) is 12.0. The third-order valence-corrected chi connectivity index (χ3v) is 7.22. The predicted octanol–water partition coefficient (Wildman–Crippen LogP) is 8.58. The van der Waals surface area contributed by atoms with Crippen molar-refractivity contribution in [2.24, 2.45) is 0 Å². The highest BCUT2D eigenvalue weighted by Gasteiger charge is 2.19. The largest absolute Gasteiger partial charge is 0.493 e. The van der Waals surface area contributed by atoms with Crippen LogP contribution in [-0.2, 0) is 19.1 Å². The molecule has 0 aliphatic heterocycles. The Bertz CT molecular complexity index is 1760. The Morgan fingerprint density at radius 2 is 0.875 bits per heavy atom. The van der Waals surface area contributed by atoms with Gasteiger partial charge < -0.3 is 28.4 Å². The van der Waals surface area contributed by atoms with Crippen molar-refractivity contribution >= 4 is 33.5 Å². The number of carbonyl (C=O) groups excluding carboxylic acids is 2. The van der Waals surface area contributed by atoms with E-state index in [0.29, 0.717) is 23.0 Å². The first-order chi connectivity index (χ1) is 23.2. The van der Waals surface area contributed by atoms with Gasteiger partial charge >= 0.3 is 11.9 Å². The fourth-order valence-corrected chi connectivity index (χ4v) is 4.69. The number of rotatable bonds is 16. The summed E-state index contributed by atoms with van der Waals surface area (Å²) < 4.78 is 34.9. The third kappa shape index (κ3) is 9.62. The summed E-state index contributed by atoms with van der Waals surface area (Å²) in [5.41, 5.74) is 0.554. The summed E-state index contributed by atoms with van der Waals surface area (Å²) in [6.07, 6.45) is -1.18. The van der Waals surface area contributed by atoms with Crippen molar-refractivity contribution in [2.45, 2.75) is 39.3 Å². The van der Waals surface area contributed by atoms with Crippen molar-refractivity contribution in [1.29, 1.82) is 0 Å². The number of ether oxygens (including phenoxy) is 6. The van der Waals surface area contributed by atoms with E-state index in [2.05, 4.69) is 13.2 Å². The molecular formula is C40H38O8. The fraction of sp³-hybridized carbons (Fsp3) is 0.200. The average Bonchev–Trinajstić information content (AvgIpc) is 3.08. The molecule has 8 heteroatoms. The van der Waals surface area contributed by atoms with Crippen molar-refractivity contribution in [3.63, 3.8) is 0 Å². The molecule has 0 radical (unpaired) electrons. The van der Waals surface area contributed by atoms with E-state index >= 15 is 0 Å². The first kappa shape index (κ1) is 33.6. The zero-order chi connectivity index (χ0) is 33.9. The number of hydrogen-bond donors (Lipinski definition) is 0. The molecular weight excluding hydrogens is 608 g/mol. The van der Waals surface area contributed by atoms with Crippen LogP contribution in [0.2, 0.25) is 0 Å². The van der Waals surface area contributed by atoms with Gasteiger partial charge in [-0.15, -0.1) is 0 Å². The maximum absolute atomic E-state index is 12.3. The average molecular weight is 647 g/mol. The maximum atomic E-state index is 12.3. The number of carbonyl (C=O) groups is 2. The summed E-state index contributed by atoms with van der Waals surface area (Å²) in [4.78, 5) is 24.6. The van der Waals surface area contributed by atoms with Gasteiger partial charge in [0.1, 0.15) is 23.0 Å². The van der Waals surface area contributed by atoms with Gasteiger partial charge in [-0.05, 0) is 83.9 Å². The second-order valence-corrected chi connectivity index (χ2v) is 11.2. The van der Waals surface area contributed by atoms with Gasteiger partial charge in [-0.2, -0.15) is 0 Å². The second-order valence-electron chi connectivity index (χ2n) is 11.2. The molecule has 0 saturated heterocycles. The Kier molecular flexibility index (Phi) is 11.3. The van der Waals surface area contributed by atoms with Gasteiger partial charge in [-0.1, -0.05) is 73.8 Å². The van der Waals surface area contributed by atoms with E-state index in [9.17, 15) is 9.59 Å². The van der Waals surface area contributed by atoms with E-state index in [-0.39, 0.29) is 37.2 Å². The molecule has 0 fully saturated rings. The molecule has 246 valence electrons. The first-order valence-electron chi connectivity index (χ1n) is 15.6. The van der Waals surface area contributed by atoms with Crippen molar-refractivity contribution in [2.75, 3.05) is 13.2 Å². The van der Waals surface area contributed by atoms with Gasteiger partial charge in [0.2, 0.25) is 12.6 Å². The molecule has 48 heavy (non-hydrogen) atoms. The van der Waals surface area contributed by atoms with Gasteiger partial charge in [0.15, 0.2) is 0 Å². The van der Waals surface area contributed by atoms with Crippen LogP contribution >= 0.6 is 0 Å². The monoisotopic (exact) mass is 646 g/mol. The van der Waals surface area contributed by atoms with Crippen molar-refractivity contribution in [3.05, 3.63) is 133 Å². The summed E-state index contributed by atoms with van der Waals surface area (Å²) in [7, 11) is 0. The van der Waals surface area contributed by atoms with E-state index in [1.54, 1.807) is 38.1 Å². The van der Waals surface area contributed by atoms with Crippen LogP contribution in [0, 0.1) is 0 Å². The van der Waals surface area contributed by atoms with E-state index in [4.69, 9.17) is 28.4 Å². The standard InChI is InChI=1S/C40H38O8/c1-27(2)39(41)47-37(45-35-15-13-29-9-5-7-11-31(29)25-35)21-23-43-33-17-19-34(20-18-33)44-24-22-38(48-40(42)28(3)4)46-36-16-14-30-10-6-8-12-32(30)26-36/h5-20,25-26,37-38H,1,3,21-24H2,2,4H3. The molecule has 0 spiro atoms. The van der Waals surface area contributed by atoms with Crippen LogP contribution in [0.1, 0.15) is 26.7 Å². The SMILES string of the molecule is C=C(C)C(=O)OC(CCOc1ccc(OCCC(OC(=O)C(=C)C)Oc2ccc3ccccc3c2)cc1)Oc1ccc2ccccc2c1. The van der Waals surface area contributed by atoms with Crippen molar-refractivity contribution in [3.8, 4) is 23.0 Å². The molecule has 5 aromatic carbocycles. The Hall–Kier alpha value is -5.76. The molecule has 0 bridgehead atoms. The Morgan fingerprint density at radius 3 is 1.25 bits per heavy atom. The summed E-state index contributed by atoms with van der Waals surface area (Å²) in [5.74, 6) is 1.28. The lowest BCUT2D eigenvalue weighted by atomic mass is 10.1. The van der Waals surface area contributed by atoms with E-state index in [1.807, 2.05) is 84.9 Å². The lowest BCUT2D eigenvalue weighted by Gasteiger charge is -2.20. The minimum absolute atomic E-state index is 0.226. The number of fused-ring (bicyclic) bond motifs is 2. The van der Waals surface area contributed by atoms with Crippen LogP contribution in [0.25, 0.3) is 21.5 Å². The number of esters is 2. The van der Waals surface area contributed by atoms with Crippen molar-refractivity contribution < 1.29 is 38.0 Å². The summed E-state index contributed by atoms with van der Waals surface area (Å²) in [5, 5.41) is 4.19. The quantitative estimate of drug-likeness (QED) is 0.0598. The summed E-state index contributed by atoms with van der Waals surface area (Å²) in [6, 6.07) is 34.4. The molecule has 8 nitrogen and oxygen atoms in total.